The summed E-state index contributed by atoms with van der Waals surface area (Å²) in [6, 6.07) is 5.64. The van der Waals surface area contributed by atoms with E-state index in [1.807, 2.05) is 0 Å². The summed E-state index contributed by atoms with van der Waals surface area (Å²) in [5.41, 5.74) is -0.399. The number of ether oxygens (including phenoxy) is 1. The van der Waals surface area contributed by atoms with Crippen LogP contribution >= 0.6 is 0 Å². The second-order valence-corrected chi connectivity index (χ2v) is 8.64. The van der Waals surface area contributed by atoms with Gasteiger partial charge in [0, 0.05) is 31.1 Å². The highest BCUT2D eigenvalue weighted by atomic mass is 19.4. The molecular weight excluding hydrogens is 381 g/mol. The van der Waals surface area contributed by atoms with Crippen molar-refractivity contribution in [3.05, 3.63) is 35.4 Å². The van der Waals surface area contributed by atoms with Gasteiger partial charge < -0.3 is 10.1 Å². The predicted molar refractivity (Wildman–Crippen MR) is 104 cm³/mol. The third-order valence-electron chi connectivity index (χ3n) is 6.85. The fourth-order valence-corrected chi connectivity index (χ4v) is 5.14. The van der Waals surface area contributed by atoms with E-state index in [0.717, 1.165) is 44.8 Å². The Morgan fingerprint density at radius 1 is 1.14 bits per heavy atom. The topological polar surface area (TPSA) is 41.6 Å². The standard InChI is InChI=1S/C22H29F3N2O2/c23-22(24,25)19-7-3-2-6-16(19)17-14-18(17)20(28)26-15-21(8-4-1-5-9-21)27-10-12-29-13-11-27/h2-3,6-7,17-18H,1,4-5,8-15H2,(H,26,28). The van der Waals surface area contributed by atoms with Gasteiger partial charge in [-0.15, -0.1) is 0 Å². The van der Waals surface area contributed by atoms with E-state index in [4.69, 9.17) is 4.74 Å². The first-order valence-electron chi connectivity index (χ1n) is 10.7. The van der Waals surface area contributed by atoms with Gasteiger partial charge in [-0.25, -0.2) is 0 Å². The molecular formula is C22H29F3N2O2. The van der Waals surface area contributed by atoms with Gasteiger partial charge in [-0.2, -0.15) is 13.2 Å². The Balaban J connectivity index is 1.40. The summed E-state index contributed by atoms with van der Waals surface area (Å²) >= 11 is 0. The minimum absolute atomic E-state index is 0.0358. The van der Waals surface area contributed by atoms with Crippen LogP contribution in [-0.4, -0.2) is 49.2 Å². The first kappa shape index (κ1) is 20.7. The van der Waals surface area contributed by atoms with E-state index in [2.05, 4.69) is 10.2 Å². The maximum absolute atomic E-state index is 13.3. The third-order valence-corrected chi connectivity index (χ3v) is 6.85. The van der Waals surface area contributed by atoms with Crippen LogP contribution in [0.5, 0.6) is 0 Å². The van der Waals surface area contributed by atoms with E-state index in [1.54, 1.807) is 6.07 Å². The summed E-state index contributed by atoms with van der Waals surface area (Å²) in [4.78, 5) is 15.2. The number of carbonyl (C=O) groups is 1. The van der Waals surface area contributed by atoms with Crippen molar-refractivity contribution in [3.8, 4) is 0 Å². The highest BCUT2D eigenvalue weighted by molar-refractivity contribution is 5.83. The molecule has 0 spiro atoms. The Hall–Kier alpha value is -1.60. The number of amides is 1. The average Bonchev–Trinajstić information content (AvgIpc) is 3.54. The molecule has 1 aromatic rings. The van der Waals surface area contributed by atoms with Gasteiger partial charge >= 0.3 is 6.18 Å². The summed E-state index contributed by atoms with van der Waals surface area (Å²) in [5, 5.41) is 3.11. The largest absolute Gasteiger partial charge is 0.416 e. The lowest BCUT2D eigenvalue weighted by molar-refractivity contribution is -0.138. The monoisotopic (exact) mass is 410 g/mol. The second-order valence-electron chi connectivity index (χ2n) is 8.64. The van der Waals surface area contributed by atoms with Gasteiger partial charge in [0.2, 0.25) is 5.91 Å². The summed E-state index contributed by atoms with van der Waals surface area (Å²) in [7, 11) is 0. The van der Waals surface area contributed by atoms with Crippen LogP contribution in [0.25, 0.3) is 0 Å². The van der Waals surface area contributed by atoms with Crippen LogP contribution in [0, 0.1) is 5.92 Å². The van der Waals surface area contributed by atoms with Crippen molar-refractivity contribution in [2.24, 2.45) is 5.92 Å². The Labute approximate surface area is 169 Å². The molecule has 1 saturated heterocycles. The molecule has 0 aromatic heterocycles. The quantitative estimate of drug-likeness (QED) is 0.799. The van der Waals surface area contributed by atoms with Crippen LogP contribution in [-0.2, 0) is 15.7 Å². The fraction of sp³-hybridized carbons (Fsp3) is 0.682. The van der Waals surface area contributed by atoms with Crippen LogP contribution in [0.1, 0.15) is 55.6 Å². The van der Waals surface area contributed by atoms with E-state index in [9.17, 15) is 18.0 Å². The summed E-state index contributed by atoms with van der Waals surface area (Å²) in [5.74, 6) is -0.799. The van der Waals surface area contributed by atoms with E-state index in [1.165, 1.54) is 18.6 Å². The van der Waals surface area contributed by atoms with E-state index >= 15 is 0 Å². The van der Waals surface area contributed by atoms with Gasteiger partial charge in [0.25, 0.3) is 0 Å². The van der Waals surface area contributed by atoms with Crippen molar-refractivity contribution < 1.29 is 22.7 Å². The van der Waals surface area contributed by atoms with Crippen LogP contribution in [0.3, 0.4) is 0 Å². The van der Waals surface area contributed by atoms with E-state index < -0.39 is 11.7 Å². The van der Waals surface area contributed by atoms with Crippen LogP contribution in [0.4, 0.5) is 13.2 Å². The number of alkyl halides is 3. The zero-order chi connectivity index (χ0) is 20.5. The molecule has 4 nitrogen and oxygen atoms in total. The molecule has 1 amide bonds. The van der Waals surface area contributed by atoms with E-state index in [0.29, 0.717) is 26.2 Å². The number of halogens is 3. The lowest BCUT2D eigenvalue weighted by atomic mass is 9.79. The maximum atomic E-state index is 13.3. The van der Waals surface area contributed by atoms with Gasteiger partial charge in [0.1, 0.15) is 0 Å². The van der Waals surface area contributed by atoms with Crippen molar-refractivity contribution in [1.82, 2.24) is 10.2 Å². The molecule has 2 unspecified atom stereocenters. The van der Waals surface area contributed by atoms with Gasteiger partial charge in [-0.1, -0.05) is 37.5 Å². The molecule has 4 rings (SSSR count). The maximum Gasteiger partial charge on any atom is 0.416 e. The zero-order valence-electron chi connectivity index (χ0n) is 16.6. The molecule has 0 radical (unpaired) electrons. The van der Waals surface area contributed by atoms with Gasteiger partial charge in [-0.05, 0) is 36.8 Å². The number of rotatable bonds is 5. The molecule has 0 bridgehead atoms. The predicted octanol–water partition coefficient (Wildman–Crippen LogP) is 3.96. The number of carbonyl (C=O) groups excluding carboxylic acids is 1. The Morgan fingerprint density at radius 3 is 2.52 bits per heavy atom. The Bertz CT molecular complexity index is 725. The molecule has 1 N–H and O–H groups in total. The number of nitrogens with zero attached hydrogens (tertiary/aromatic N) is 1. The van der Waals surface area contributed by atoms with Gasteiger partial charge in [0.15, 0.2) is 0 Å². The van der Waals surface area contributed by atoms with Crippen molar-refractivity contribution in [2.45, 2.75) is 56.2 Å². The highest BCUT2D eigenvalue weighted by Gasteiger charge is 2.48. The van der Waals surface area contributed by atoms with Crippen LogP contribution in [0.2, 0.25) is 0 Å². The highest BCUT2D eigenvalue weighted by Crippen LogP contribution is 2.51. The lowest BCUT2D eigenvalue weighted by Crippen LogP contribution is -2.59. The molecule has 2 aliphatic carbocycles. The Morgan fingerprint density at radius 2 is 1.83 bits per heavy atom. The van der Waals surface area contributed by atoms with Crippen molar-refractivity contribution >= 4 is 5.91 Å². The lowest BCUT2D eigenvalue weighted by Gasteiger charge is -2.48. The zero-order valence-corrected chi connectivity index (χ0v) is 16.6. The molecule has 2 saturated carbocycles. The molecule has 3 aliphatic rings. The van der Waals surface area contributed by atoms with E-state index in [-0.39, 0.29) is 28.8 Å². The summed E-state index contributed by atoms with van der Waals surface area (Å²) in [6.45, 7) is 3.76. The number of benzene rings is 1. The van der Waals surface area contributed by atoms with Gasteiger partial charge in [0.05, 0.1) is 18.8 Å². The summed E-state index contributed by atoms with van der Waals surface area (Å²) in [6.07, 6.45) is 1.73. The first-order chi connectivity index (χ1) is 13.9. The van der Waals surface area contributed by atoms with Crippen molar-refractivity contribution in [2.75, 3.05) is 32.8 Å². The molecule has 160 valence electrons. The third kappa shape index (κ3) is 4.45. The van der Waals surface area contributed by atoms with Crippen LogP contribution in [0.15, 0.2) is 24.3 Å². The van der Waals surface area contributed by atoms with Crippen LogP contribution < -0.4 is 5.32 Å². The Kier molecular flexibility index (Phi) is 5.89. The van der Waals surface area contributed by atoms with Gasteiger partial charge in [-0.3, -0.25) is 9.69 Å². The average molecular weight is 410 g/mol. The molecule has 7 heteroatoms. The molecule has 2 atom stereocenters. The summed E-state index contributed by atoms with van der Waals surface area (Å²) < 4.78 is 45.4. The minimum Gasteiger partial charge on any atom is -0.379 e. The number of morpholine rings is 1. The molecule has 29 heavy (non-hydrogen) atoms. The second kappa shape index (κ2) is 8.26. The number of hydrogen-bond donors (Lipinski definition) is 1. The smallest absolute Gasteiger partial charge is 0.379 e. The SMILES string of the molecule is O=C(NCC1(N2CCOCC2)CCCCC1)C1CC1c1ccccc1C(F)(F)F. The van der Waals surface area contributed by atoms with Crippen molar-refractivity contribution in [1.29, 1.82) is 0 Å². The molecule has 3 fully saturated rings. The normalized spacial score (nSPS) is 27.4. The van der Waals surface area contributed by atoms with Crippen molar-refractivity contribution in [3.63, 3.8) is 0 Å². The number of nitrogens with one attached hydrogen (secondary N) is 1. The fourth-order valence-electron chi connectivity index (χ4n) is 5.14. The first-order valence-corrected chi connectivity index (χ1v) is 10.7. The minimum atomic E-state index is -4.39. The molecule has 1 aromatic carbocycles. The molecule has 1 heterocycles. The number of hydrogen-bond acceptors (Lipinski definition) is 3. The molecule has 1 aliphatic heterocycles.